The number of nitrogens with zero attached hydrogens (tertiary/aromatic N) is 3. The van der Waals surface area contributed by atoms with E-state index in [-0.39, 0.29) is 5.69 Å². The molecule has 1 aromatic heterocycles. The van der Waals surface area contributed by atoms with Crippen molar-refractivity contribution in [1.82, 2.24) is 9.88 Å². The van der Waals surface area contributed by atoms with Crippen molar-refractivity contribution < 1.29 is 9.34 Å². The van der Waals surface area contributed by atoms with Gasteiger partial charge in [-0.15, -0.1) is 0 Å². The van der Waals surface area contributed by atoms with Crippen LogP contribution in [0.25, 0.3) is 16.7 Å². The molecule has 0 radical (unpaired) electrons. The maximum Gasteiger partial charge on any atom is 0.271 e. The Hall–Kier alpha value is -2.21. The van der Waals surface area contributed by atoms with Gasteiger partial charge < -0.3 is 9.32 Å². The van der Waals surface area contributed by atoms with E-state index in [2.05, 4.69) is 16.0 Å². The molecule has 6 nitrogen and oxygen atoms in total. The minimum absolute atomic E-state index is 0.0297. The van der Waals surface area contributed by atoms with Gasteiger partial charge in [0, 0.05) is 30.8 Å². The van der Waals surface area contributed by atoms with E-state index in [0.29, 0.717) is 17.0 Å². The van der Waals surface area contributed by atoms with Crippen LogP contribution in [0.3, 0.4) is 0 Å². The second-order valence-electron chi connectivity index (χ2n) is 4.68. The van der Waals surface area contributed by atoms with Crippen LogP contribution in [0.1, 0.15) is 12.3 Å². The monoisotopic (exact) mass is 259 g/mol. The molecule has 0 amide bonds. The Balaban J connectivity index is 2.02. The van der Waals surface area contributed by atoms with E-state index < -0.39 is 4.92 Å². The molecule has 0 saturated carbocycles. The van der Waals surface area contributed by atoms with Gasteiger partial charge in [-0.3, -0.25) is 10.1 Å². The van der Waals surface area contributed by atoms with Gasteiger partial charge in [-0.1, -0.05) is 6.08 Å². The number of oxazole rings is 1. The van der Waals surface area contributed by atoms with Crippen molar-refractivity contribution in [1.29, 1.82) is 0 Å². The van der Waals surface area contributed by atoms with Crippen molar-refractivity contribution in [2.45, 2.75) is 6.42 Å². The Kier molecular flexibility index (Phi) is 2.79. The summed E-state index contributed by atoms with van der Waals surface area (Å²) in [6.45, 7) is 1.81. The van der Waals surface area contributed by atoms with E-state index in [1.54, 1.807) is 6.07 Å². The van der Waals surface area contributed by atoms with Crippen molar-refractivity contribution in [3.8, 4) is 0 Å². The van der Waals surface area contributed by atoms with Crippen molar-refractivity contribution in [2.75, 3.05) is 20.1 Å². The van der Waals surface area contributed by atoms with Crippen LogP contribution in [0.15, 0.2) is 28.7 Å². The van der Waals surface area contributed by atoms with E-state index in [9.17, 15) is 10.1 Å². The van der Waals surface area contributed by atoms with E-state index >= 15 is 0 Å². The first-order valence-corrected chi connectivity index (χ1v) is 6.06. The van der Waals surface area contributed by atoms with Gasteiger partial charge in [0.15, 0.2) is 5.58 Å². The number of non-ortho nitro benzene ring substituents is 1. The molecule has 0 fully saturated rings. The summed E-state index contributed by atoms with van der Waals surface area (Å²) < 4.78 is 5.66. The number of likely N-dealkylation sites (N-methyl/N-ethyl adjacent to an activating group) is 1. The third-order valence-electron chi connectivity index (χ3n) is 3.20. The number of nitro benzene ring substituents is 1. The van der Waals surface area contributed by atoms with E-state index in [4.69, 9.17) is 4.42 Å². The SMILES string of the molecule is CN1CCC=C(c2nc3cc([N+](=O)[O-])ccc3o2)C1. The Bertz CT molecular complexity index is 675. The fraction of sp³-hybridized carbons (Fsp3) is 0.308. The fourth-order valence-corrected chi connectivity index (χ4v) is 2.22. The first kappa shape index (κ1) is 11.9. The summed E-state index contributed by atoms with van der Waals surface area (Å²) >= 11 is 0. The minimum Gasteiger partial charge on any atom is -0.436 e. The topological polar surface area (TPSA) is 72.4 Å². The minimum atomic E-state index is -0.429. The molecule has 1 aliphatic rings. The Labute approximate surface area is 109 Å². The average molecular weight is 259 g/mol. The lowest BCUT2D eigenvalue weighted by molar-refractivity contribution is -0.384. The van der Waals surface area contributed by atoms with Gasteiger partial charge in [0.25, 0.3) is 5.69 Å². The molecule has 19 heavy (non-hydrogen) atoms. The fourth-order valence-electron chi connectivity index (χ4n) is 2.22. The smallest absolute Gasteiger partial charge is 0.271 e. The Morgan fingerprint density at radius 2 is 2.32 bits per heavy atom. The van der Waals surface area contributed by atoms with Crippen LogP contribution in [0, 0.1) is 10.1 Å². The molecule has 1 aliphatic heterocycles. The van der Waals surface area contributed by atoms with Crippen LogP contribution in [0.2, 0.25) is 0 Å². The number of rotatable bonds is 2. The van der Waals surface area contributed by atoms with Gasteiger partial charge in [-0.05, 0) is 19.5 Å². The first-order chi connectivity index (χ1) is 9.13. The van der Waals surface area contributed by atoms with Gasteiger partial charge in [-0.2, -0.15) is 0 Å². The molecular formula is C13H13N3O3. The molecule has 2 aromatic rings. The normalized spacial score (nSPS) is 16.6. The molecular weight excluding hydrogens is 246 g/mol. The van der Waals surface area contributed by atoms with E-state index in [1.807, 2.05) is 7.05 Å². The third kappa shape index (κ3) is 2.22. The highest BCUT2D eigenvalue weighted by molar-refractivity contribution is 5.78. The number of benzene rings is 1. The lowest BCUT2D eigenvalue weighted by Gasteiger charge is -2.20. The van der Waals surface area contributed by atoms with Gasteiger partial charge in [0.1, 0.15) is 5.52 Å². The van der Waals surface area contributed by atoms with Gasteiger partial charge >= 0.3 is 0 Å². The molecule has 0 saturated heterocycles. The summed E-state index contributed by atoms with van der Waals surface area (Å²) in [6, 6.07) is 4.46. The van der Waals surface area contributed by atoms with Crippen molar-refractivity contribution >= 4 is 22.4 Å². The van der Waals surface area contributed by atoms with Crippen molar-refractivity contribution in [2.24, 2.45) is 0 Å². The summed E-state index contributed by atoms with van der Waals surface area (Å²) in [4.78, 5) is 16.8. The third-order valence-corrected chi connectivity index (χ3v) is 3.20. The Morgan fingerprint density at radius 3 is 3.05 bits per heavy atom. The van der Waals surface area contributed by atoms with E-state index in [1.165, 1.54) is 12.1 Å². The standard InChI is InChI=1S/C13H13N3O3/c1-15-6-2-3-9(8-15)13-14-11-7-10(16(17)18)4-5-12(11)19-13/h3-5,7H,2,6,8H2,1H3. The van der Waals surface area contributed by atoms with Crippen LogP contribution in [0.4, 0.5) is 5.69 Å². The highest BCUT2D eigenvalue weighted by Gasteiger charge is 2.17. The molecule has 2 heterocycles. The predicted octanol–water partition coefficient (Wildman–Crippen LogP) is 2.45. The largest absolute Gasteiger partial charge is 0.436 e. The molecule has 1 aromatic carbocycles. The average Bonchev–Trinajstić information content (AvgIpc) is 2.81. The van der Waals surface area contributed by atoms with E-state index in [0.717, 1.165) is 25.1 Å². The van der Waals surface area contributed by atoms with Gasteiger partial charge in [0.2, 0.25) is 5.89 Å². The molecule has 98 valence electrons. The van der Waals surface area contributed by atoms with Crippen LogP contribution in [-0.4, -0.2) is 34.9 Å². The zero-order chi connectivity index (χ0) is 13.4. The number of nitro groups is 1. The van der Waals surface area contributed by atoms with Crippen LogP contribution >= 0.6 is 0 Å². The molecule has 0 bridgehead atoms. The molecule has 0 aliphatic carbocycles. The Morgan fingerprint density at radius 1 is 1.47 bits per heavy atom. The lowest BCUT2D eigenvalue weighted by Crippen LogP contribution is -2.24. The molecule has 0 atom stereocenters. The lowest BCUT2D eigenvalue weighted by atomic mass is 10.1. The number of hydrogen-bond donors (Lipinski definition) is 0. The number of aromatic nitrogens is 1. The highest BCUT2D eigenvalue weighted by Crippen LogP contribution is 2.26. The second-order valence-corrected chi connectivity index (χ2v) is 4.68. The maximum absolute atomic E-state index is 10.7. The van der Waals surface area contributed by atoms with Crippen LogP contribution in [0.5, 0.6) is 0 Å². The number of fused-ring (bicyclic) bond motifs is 1. The molecule has 6 heteroatoms. The summed E-state index contributed by atoms with van der Waals surface area (Å²) in [7, 11) is 2.04. The van der Waals surface area contributed by atoms with Crippen LogP contribution in [-0.2, 0) is 0 Å². The molecule has 3 rings (SSSR count). The van der Waals surface area contributed by atoms with Crippen molar-refractivity contribution in [3.63, 3.8) is 0 Å². The zero-order valence-electron chi connectivity index (χ0n) is 10.5. The summed E-state index contributed by atoms with van der Waals surface area (Å²) in [6.07, 6.45) is 3.07. The molecule has 0 unspecified atom stereocenters. The zero-order valence-corrected chi connectivity index (χ0v) is 10.5. The summed E-state index contributed by atoms with van der Waals surface area (Å²) in [5.41, 5.74) is 2.17. The quantitative estimate of drug-likeness (QED) is 0.612. The predicted molar refractivity (Wildman–Crippen MR) is 70.8 cm³/mol. The molecule has 0 spiro atoms. The first-order valence-electron chi connectivity index (χ1n) is 6.06. The maximum atomic E-state index is 10.7. The van der Waals surface area contributed by atoms with Crippen LogP contribution < -0.4 is 0 Å². The van der Waals surface area contributed by atoms with Gasteiger partial charge in [-0.25, -0.2) is 4.98 Å². The second kappa shape index (κ2) is 4.47. The summed E-state index contributed by atoms with van der Waals surface area (Å²) in [5, 5.41) is 10.7. The van der Waals surface area contributed by atoms with Crippen molar-refractivity contribution in [3.05, 3.63) is 40.3 Å². The number of hydrogen-bond acceptors (Lipinski definition) is 5. The molecule has 0 N–H and O–H groups in total. The van der Waals surface area contributed by atoms with Gasteiger partial charge in [0.05, 0.1) is 4.92 Å². The highest BCUT2D eigenvalue weighted by atomic mass is 16.6. The summed E-state index contributed by atoms with van der Waals surface area (Å²) in [5.74, 6) is 0.557.